The predicted octanol–water partition coefficient (Wildman–Crippen LogP) is 3.24. The average molecular weight is 297 g/mol. The minimum Gasteiger partial charge on any atom is -0.480 e. The first-order chi connectivity index (χ1) is 9.16. The van der Waals surface area contributed by atoms with Crippen LogP contribution in [0.2, 0.25) is 0 Å². The predicted molar refractivity (Wildman–Crippen MR) is 81.4 cm³/mol. The zero-order chi connectivity index (χ0) is 15.5. The van der Waals surface area contributed by atoms with Gasteiger partial charge in [-0.1, -0.05) is 34.1 Å². The van der Waals surface area contributed by atoms with Gasteiger partial charge in [0.1, 0.15) is 6.04 Å². The molecule has 0 radical (unpaired) electrons. The smallest absolute Gasteiger partial charge is 0.326 e. The Hall–Kier alpha value is -1.36. The molecule has 0 spiro atoms. The van der Waals surface area contributed by atoms with Gasteiger partial charge in [0.25, 0.3) is 5.91 Å². The van der Waals surface area contributed by atoms with Gasteiger partial charge in [0.15, 0.2) is 0 Å². The number of carbonyl (C=O) groups excluding carboxylic acids is 1. The monoisotopic (exact) mass is 297 g/mol. The van der Waals surface area contributed by atoms with E-state index < -0.39 is 17.4 Å². The van der Waals surface area contributed by atoms with Gasteiger partial charge in [-0.3, -0.25) is 4.79 Å². The number of carboxylic acid groups (broad SMARTS) is 1. The highest BCUT2D eigenvalue weighted by molar-refractivity contribution is 7.14. The van der Waals surface area contributed by atoms with Crippen LogP contribution >= 0.6 is 11.3 Å². The minimum atomic E-state index is -1.01. The Morgan fingerprint density at radius 3 is 2.45 bits per heavy atom. The molecule has 4 nitrogen and oxygen atoms in total. The number of hydrogen-bond acceptors (Lipinski definition) is 3. The van der Waals surface area contributed by atoms with Gasteiger partial charge in [-0.05, 0) is 30.4 Å². The normalized spacial score (nSPS) is 13.1. The number of aryl methyl sites for hydroxylation is 2. The number of amides is 1. The molecule has 1 atom stereocenters. The van der Waals surface area contributed by atoms with E-state index in [1.807, 2.05) is 13.0 Å². The van der Waals surface area contributed by atoms with Gasteiger partial charge >= 0.3 is 5.97 Å². The Morgan fingerprint density at radius 1 is 1.40 bits per heavy atom. The van der Waals surface area contributed by atoms with Crippen molar-refractivity contribution in [1.82, 2.24) is 5.32 Å². The van der Waals surface area contributed by atoms with Crippen LogP contribution in [0, 0.1) is 12.3 Å². The maximum absolute atomic E-state index is 12.2. The van der Waals surface area contributed by atoms with Crippen LogP contribution in [0.25, 0.3) is 0 Å². The zero-order valence-electron chi connectivity index (χ0n) is 12.7. The summed E-state index contributed by atoms with van der Waals surface area (Å²) in [6, 6.07) is 0.979. The van der Waals surface area contributed by atoms with Crippen LogP contribution < -0.4 is 5.32 Å². The highest BCUT2D eigenvalue weighted by atomic mass is 32.1. The summed E-state index contributed by atoms with van der Waals surface area (Å²) in [5, 5.41) is 11.9. The van der Waals surface area contributed by atoms with Gasteiger partial charge in [0, 0.05) is 4.88 Å². The number of carboxylic acids is 1. The van der Waals surface area contributed by atoms with Crippen molar-refractivity contribution in [2.75, 3.05) is 0 Å². The summed E-state index contributed by atoms with van der Waals surface area (Å²) in [7, 11) is 0. The van der Waals surface area contributed by atoms with E-state index >= 15 is 0 Å². The Bertz CT molecular complexity index is 500. The maximum Gasteiger partial charge on any atom is 0.326 e. The third-order valence-electron chi connectivity index (χ3n) is 3.15. The van der Waals surface area contributed by atoms with Crippen molar-refractivity contribution in [2.45, 2.75) is 53.5 Å². The third kappa shape index (κ3) is 4.07. The lowest BCUT2D eigenvalue weighted by Gasteiger charge is -2.27. The molecule has 1 rings (SSSR count). The molecule has 1 aromatic rings. The molecule has 0 unspecified atom stereocenters. The van der Waals surface area contributed by atoms with Crippen molar-refractivity contribution in [3.8, 4) is 0 Å². The summed E-state index contributed by atoms with van der Waals surface area (Å²) in [6.45, 7) is 9.48. The highest BCUT2D eigenvalue weighted by Crippen LogP contribution is 2.24. The second-order valence-electron chi connectivity index (χ2n) is 6.05. The molecular weight excluding hydrogens is 274 g/mol. The number of aliphatic carboxylic acids is 1. The number of thiophene rings is 1. The molecule has 0 fully saturated rings. The van der Waals surface area contributed by atoms with E-state index in [0.717, 1.165) is 17.7 Å². The van der Waals surface area contributed by atoms with E-state index in [-0.39, 0.29) is 5.91 Å². The van der Waals surface area contributed by atoms with Crippen LogP contribution in [0.1, 0.15) is 54.2 Å². The topological polar surface area (TPSA) is 66.4 Å². The molecular formula is C15H23NO3S. The summed E-state index contributed by atoms with van der Waals surface area (Å²) < 4.78 is 0. The average Bonchev–Trinajstić information content (AvgIpc) is 2.66. The highest BCUT2D eigenvalue weighted by Gasteiger charge is 2.33. The molecule has 112 valence electrons. The fourth-order valence-electron chi connectivity index (χ4n) is 2.00. The summed E-state index contributed by atoms with van der Waals surface area (Å²) in [4.78, 5) is 25.2. The van der Waals surface area contributed by atoms with E-state index in [2.05, 4.69) is 12.2 Å². The molecule has 0 aliphatic heterocycles. The van der Waals surface area contributed by atoms with Gasteiger partial charge in [-0.15, -0.1) is 11.3 Å². The molecule has 0 aliphatic rings. The Morgan fingerprint density at radius 2 is 2.00 bits per heavy atom. The van der Waals surface area contributed by atoms with E-state index in [9.17, 15) is 14.7 Å². The van der Waals surface area contributed by atoms with Crippen molar-refractivity contribution in [3.05, 3.63) is 21.4 Å². The first kappa shape index (κ1) is 16.7. The summed E-state index contributed by atoms with van der Waals surface area (Å²) >= 11 is 1.42. The van der Waals surface area contributed by atoms with Crippen LogP contribution in [-0.4, -0.2) is 23.0 Å². The van der Waals surface area contributed by atoms with Crippen LogP contribution in [0.15, 0.2) is 6.07 Å². The summed E-state index contributed by atoms with van der Waals surface area (Å²) in [5.41, 5.74) is 0.644. The van der Waals surface area contributed by atoms with Crippen molar-refractivity contribution in [3.63, 3.8) is 0 Å². The number of carbonyl (C=O) groups is 2. The van der Waals surface area contributed by atoms with E-state index in [1.54, 1.807) is 20.8 Å². The first-order valence-electron chi connectivity index (χ1n) is 6.79. The summed E-state index contributed by atoms with van der Waals surface area (Å²) in [5.74, 6) is -1.31. The Balaban J connectivity index is 2.90. The van der Waals surface area contributed by atoms with E-state index in [4.69, 9.17) is 0 Å². The minimum absolute atomic E-state index is 0.303. The lowest BCUT2D eigenvalue weighted by molar-refractivity contribution is -0.142. The van der Waals surface area contributed by atoms with Gasteiger partial charge < -0.3 is 10.4 Å². The van der Waals surface area contributed by atoms with Gasteiger partial charge in [-0.25, -0.2) is 4.79 Å². The van der Waals surface area contributed by atoms with Gasteiger partial charge in [0.2, 0.25) is 0 Å². The fraction of sp³-hybridized carbons (Fsp3) is 0.600. The second-order valence-corrected chi connectivity index (χ2v) is 7.31. The van der Waals surface area contributed by atoms with E-state index in [1.165, 1.54) is 16.9 Å². The lowest BCUT2D eigenvalue weighted by atomic mass is 9.87. The summed E-state index contributed by atoms with van der Waals surface area (Å²) in [6.07, 6.45) is 1.97. The molecule has 5 heteroatoms. The molecule has 0 bridgehead atoms. The van der Waals surface area contributed by atoms with Crippen LogP contribution in [-0.2, 0) is 11.2 Å². The van der Waals surface area contributed by atoms with Gasteiger partial charge in [0.05, 0.1) is 4.88 Å². The number of rotatable bonds is 5. The standard InChI is InChI=1S/C15H23NO3S/c1-6-7-10-8-11(20-9(10)2)13(17)16-12(14(18)19)15(3,4)5/h8,12H,6-7H2,1-5H3,(H,16,17)(H,18,19)/t12-/m0/s1. The molecule has 0 aromatic carbocycles. The van der Waals surface area contributed by atoms with Gasteiger partial charge in [-0.2, -0.15) is 0 Å². The lowest BCUT2D eigenvalue weighted by Crippen LogP contribution is -2.48. The molecule has 0 aliphatic carbocycles. The maximum atomic E-state index is 12.2. The molecule has 0 saturated heterocycles. The number of nitrogens with one attached hydrogen (secondary N) is 1. The Kier molecular flexibility index (Phi) is 5.34. The fourth-order valence-corrected chi connectivity index (χ4v) is 2.97. The first-order valence-corrected chi connectivity index (χ1v) is 7.61. The largest absolute Gasteiger partial charge is 0.480 e. The van der Waals surface area contributed by atoms with Crippen molar-refractivity contribution in [1.29, 1.82) is 0 Å². The third-order valence-corrected chi connectivity index (χ3v) is 4.24. The van der Waals surface area contributed by atoms with Crippen LogP contribution in [0.3, 0.4) is 0 Å². The molecule has 2 N–H and O–H groups in total. The zero-order valence-corrected chi connectivity index (χ0v) is 13.6. The quantitative estimate of drug-likeness (QED) is 0.877. The number of hydrogen-bond donors (Lipinski definition) is 2. The molecule has 0 saturated carbocycles. The molecule has 1 heterocycles. The molecule has 20 heavy (non-hydrogen) atoms. The van der Waals surface area contributed by atoms with Crippen molar-refractivity contribution in [2.24, 2.45) is 5.41 Å². The van der Waals surface area contributed by atoms with Crippen molar-refractivity contribution < 1.29 is 14.7 Å². The van der Waals surface area contributed by atoms with Crippen LogP contribution in [0.5, 0.6) is 0 Å². The Labute approximate surface area is 124 Å². The van der Waals surface area contributed by atoms with E-state index in [0.29, 0.717) is 4.88 Å². The van der Waals surface area contributed by atoms with Crippen LogP contribution in [0.4, 0.5) is 0 Å². The SMILES string of the molecule is CCCc1cc(C(=O)N[C@@H](C(=O)O)C(C)(C)C)sc1C. The second kappa shape index (κ2) is 6.39. The molecule has 1 amide bonds. The van der Waals surface area contributed by atoms with Crippen molar-refractivity contribution >= 4 is 23.2 Å². The molecule has 1 aromatic heterocycles.